The van der Waals surface area contributed by atoms with Crippen molar-refractivity contribution in [2.75, 3.05) is 46.9 Å². The molecule has 0 spiro atoms. The van der Waals surface area contributed by atoms with Gasteiger partial charge in [0.1, 0.15) is 0 Å². The maximum Gasteiger partial charge on any atom is 0.254 e. The van der Waals surface area contributed by atoms with E-state index in [9.17, 15) is 4.79 Å². The van der Waals surface area contributed by atoms with Gasteiger partial charge in [-0.3, -0.25) is 14.6 Å². The predicted molar refractivity (Wildman–Crippen MR) is 118 cm³/mol. The number of carbonyl (C=O) groups is 1. The van der Waals surface area contributed by atoms with E-state index in [0.717, 1.165) is 38.3 Å². The summed E-state index contributed by atoms with van der Waals surface area (Å²) in [6.07, 6.45) is 0. The number of benzene rings is 2. The molecule has 0 saturated carbocycles. The minimum atomic E-state index is -0.105. The van der Waals surface area contributed by atoms with Gasteiger partial charge < -0.3 is 9.47 Å². The first-order valence-corrected chi connectivity index (χ1v) is 10.1. The Labute approximate surface area is 178 Å². The summed E-state index contributed by atoms with van der Waals surface area (Å²) in [7, 11) is 3.19. The number of piperazine rings is 1. The maximum atomic E-state index is 12.3. The Morgan fingerprint density at radius 1 is 0.967 bits per heavy atom. The molecular weight excluding hydrogens is 380 g/mol. The van der Waals surface area contributed by atoms with Gasteiger partial charge in [-0.05, 0) is 30.7 Å². The standard InChI is InChI=1S/C23H30N4O3/c1-18(20-9-10-21(29-2)22(15-20)30-3)24-25-23(28)17-27-13-11-26(12-14-27)16-19-7-5-4-6-8-19/h4-10,15H,11-14,16-17H2,1-3H3,(H,25,28). The summed E-state index contributed by atoms with van der Waals surface area (Å²) in [5, 5.41) is 4.25. The number of nitrogens with one attached hydrogen (secondary N) is 1. The van der Waals surface area contributed by atoms with Crippen LogP contribution in [0.5, 0.6) is 11.5 Å². The van der Waals surface area contributed by atoms with Crippen molar-refractivity contribution in [3.63, 3.8) is 0 Å². The van der Waals surface area contributed by atoms with Gasteiger partial charge in [0.05, 0.1) is 26.5 Å². The molecule has 7 nitrogen and oxygen atoms in total. The second kappa shape index (κ2) is 10.8. The quantitative estimate of drug-likeness (QED) is 0.535. The molecule has 1 N–H and O–H groups in total. The Hall–Kier alpha value is -2.90. The zero-order valence-electron chi connectivity index (χ0n) is 17.9. The molecule has 1 fully saturated rings. The fraction of sp³-hybridized carbons (Fsp3) is 0.391. The van der Waals surface area contributed by atoms with Crippen molar-refractivity contribution in [2.24, 2.45) is 5.10 Å². The zero-order chi connectivity index (χ0) is 21.3. The van der Waals surface area contributed by atoms with Gasteiger partial charge in [-0.1, -0.05) is 30.3 Å². The van der Waals surface area contributed by atoms with E-state index in [0.29, 0.717) is 23.8 Å². The predicted octanol–water partition coefficient (Wildman–Crippen LogP) is 2.36. The van der Waals surface area contributed by atoms with E-state index in [2.05, 4.69) is 44.6 Å². The average Bonchev–Trinajstić information content (AvgIpc) is 2.79. The monoisotopic (exact) mass is 410 g/mol. The Kier molecular flexibility index (Phi) is 7.82. The van der Waals surface area contributed by atoms with Gasteiger partial charge >= 0.3 is 0 Å². The van der Waals surface area contributed by atoms with E-state index in [1.807, 2.05) is 31.2 Å². The van der Waals surface area contributed by atoms with E-state index in [-0.39, 0.29) is 5.91 Å². The molecule has 3 rings (SSSR count). The first-order chi connectivity index (χ1) is 14.6. The van der Waals surface area contributed by atoms with Crippen molar-refractivity contribution in [1.29, 1.82) is 0 Å². The number of methoxy groups -OCH3 is 2. The lowest BCUT2D eigenvalue weighted by atomic mass is 10.1. The number of hydrogen-bond donors (Lipinski definition) is 1. The van der Waals surface area contributed by atoms with Crippen LogP contribution in [0.25, 0.3) is 0 Å². The summed E-state index contributed by atoms with van der Waals surface area (Å²) in [5.41, 5.74) is 5.56. The SMILES string of the molecule is COc1ccc(C(C)=NNC(=O)CN2CCN(Cc3ccccc3)CC2)cc1OC. The van der Waals surface area contributed by atoms with Gasteiger partial charge in [-0.2, -0.15) is 5.10 Å². The fourth-order valence-corrected chi connectivity index (χ4v) is 3.46. The molecule has 2 aromatic rings. The van der Waals surface area contributed by atoms with Crippen LogP contribution in [0.15, 0.2) is 53.6 Å². The molecule has 0 aromatic heterocycles. The fourth-order valence-electron chi connectivity index (χ4n) is 3.46. The molecule has 1 aliphatic rings. The van der Waals surface area contributed by atoms with Crippen LogP contribution in [0.4, 0.5) is 0 Å². The smallest absolute Gasteiger partial charge is 0.254 e. The minimum absolute atomic E-state index is 0.105. The van der Waals surface area contributed by atoms with E-state index >= 15 is 0 Å². The summed E-state index contributed by atoms with van der Waals surface area (Å²) in [5.74, 6) is 1.18. The highest BCUT2D eigenvalue weighted by Gasteiger charge is 2.19. The third-order valence-electron chi connectivity index (χ3n) is 5.23. The average molecular weight is 411 g/mol. The van der Waals surface area contributed by atoms with Gasteiger partial charge in [0.15, 0.2) is 11.5 Å². The Morgan fingerprint density at radius 3 is 2.30 bits per heavy atom. The third-order valence-corrected chi connectivity index (χ3v) is 5.23. The van der Waals surface area contributed by atoms with E-state index in [4.69, 9.17) is 9.47 Å². The molecule has 0 unspecified atom stereocenters. The van der Waals surface area contributed by atoms with Crippen LogP contribution in [-0.2, 0) is 11.3 Å². The number of nitrogens with zero attached hydrogens (tertiary/aromatic N) is 3. The first kappa shape index (κ1) is 21.8. The van der Waals surface area contributed by atoms with Crippen molar-refractivity contribution < 1.29 is 14.3 Å². The molecule has 0 aliphatic carbocycles. The van der Waals surface area contributed by atoms with E-state index in [1.165, 1.54) is 5.56 Å². The third kappa shape index (κ3) is 6.05. The Balaban J connectivity index is 1.45. The summed E-state index contributed by atoms with van der Waals surface area (Å²) < 4.78 is 10.6. The van der Waals surface area contributed by atoms with E-state index in [1.54, 1.807) is 14.2 Å². The maximum absolute atomic E-state index is 12.3. The number of hydrogen-bond acceptors (Lipinski definition) is 6. The Bertz CT molecular complexity index is 862. The second-order valence-electron chi connectivity index (χ2n) is 7.34. The van der Waals surface area contributed by atoms with Crippen LogP contribution in [-0.4, -0.2) is 68.4 Å². The molecule has 7 heteroatoms. The number of rotatable bonds is 8. The van der Waals surface area contributed by atoms with Crippen molar-refractivity contribution in [1.82, 2.24) is 15.2 Å². The van der Waals surface area contributed by atoms with Gasteiger partial charge in [-0.15, -0.1) is 0 Å². The van der Waals surface area contributed by atoms with Crippen molar-refractivity contribution in [3.8, 4) is 11.5 Å². The molecule has 0 bridgehead atoms. The zero-order valence-corrected chi connectivity index (χ0v) is 17.9. The minimum Gasteiger partial charge on any atom is -0.493 e. The first-order valence-electron chi connectivity index (χ1n) is 10.1. The van der Waals surface area contributed by atoms with Crippen LogP contribution in [0.1, 0.15) is 18.1 Å². The normalized spacial score (nSPS) is 15.6. The van der Waals surface area contributed by atoms with Gasteiger partial charge in [0.2, 0.25) is 0 Å². The molecule has 160 valence electrons. The summed E-state index contributed by atoms with van der Waals surface area (Å²) >= 11 is 0. The van der Waals surface area contributed by atoms with Crippen LogP contribution < -0.4 is 14.9 Å². The Morgan fingerprint density at radius 2 is 1.63 bits per heavy atom. The molecule has 1 saturated heterocycles. The highest BCUT2D eigenvalue weighted by molar-refractivity contribution is 5.99. The number of hydrazone groups is 1. The molecule has 1 heterocycles. The van der Waals surface area contributed by atoms with Gasteiger partial charge in [0.25, 0.3) is 5.91 Å². The largest absolute Gasteiger partial charge is 0.493 e. The molecule has 30 heavy (non-hydrogen) atoms. The van der Waals surface area contributed by atoms with Crippen LogP contribution >= 0.6 is 0 Å². The molecule has 1 amide bonds. The second-order valence-corrected chi connectivity index (χ2v) is 7.34. The molecular formula is C23H30N4O3. The van der Waals surface area contributed by atoms with Crippen molar-refractivity contribution in [2.45, 2.75) is 13.5 Å². The number of carbonyl (C=O) groups excluding carboxylic acids is 1. The summed E-state index contributed by atoms with van der Waals surface area (Å²) in [4.78, 5) is 16.9. The van der Waals surface area contributed by atoms with Crippen LogP contribution in [0.2, 0.25) is 0 Å². The lowest BCUT2D eigenvalue weighted by molar-refractivity contribution is -0.122. The van der Waals surface area contributed by atoms with Crippen molar-refractivity contribution >= 4 is 11.6 Å². The number of amides is 1. The van der Waals surface area contributed by atoms with Crippen molar-refractivity contribution in [3.05, 3.63) is 59.7 Å². The molecule has 2 aromatic carbocycles. The highest BCUT2D eigenvalue weighted by Crippen LogP contribution is 2.27. The van der Waals surface area contributed by atoms with Crippen LogP contribution in [0, 0.1) is 0 Å². The molecule has 0 radical (unpaired) electrons. The molecule has 0 atom stereocenters. The van der Waals surface area contributed by atoms with Gasteiger partial charge in [0, 0.05) is 38.3 Å². The highest BCUT2D eigenvalue weighted by atomic mass is 16.5. The lowest BCUT2D eigenvalue weighted by Gasteiger charge is -2.34. The topological polar surface area (TPSA) is 66.4 Å². The summed E-state index contributed by atoms with van der Waals surface area (Å²) in [6, 6.07) is 16.0. The van der Waals surface area contributed by atoms with Crippen LogP contribution in [0.3, 0.4) is 0 Å². The molecule has 1 aliphatic heterocycles. The summed E-state index contributed by atoms with van der Waals surface area (Å²) in [6.45, 7) is 6.81. The lowest BCUT2D eigenvalue weighted by Crippen LogP contribution is -2.48. The number of ether oxygens (including phenoxy) is 2. The van der Waals surface area contributed by atoms with E-state index < -0.39 is 0 Å². The van der Waals surface area contributed by atoms with Gasteiger partial charge in [-0.25, -0.2) is 5.43 Å².